The van der Waals surface area contributed by atoms with E-state index in [-0.39, 0.29) is 5.82 Å². The Kier molecular flexibility index (Phi) is 3.62. The highest BCUT2D eigenvalue weighted by atomic mass is 19.1. The van der Waals surface area contributed by atoms with Crippen molar-refractivity contribution < 1.29 is 13.5 Å². The van der Waals surface area contributed by atoms with Crippen molar-refractivity contribution in [3.8, 4) is 5.75 Å². The second kappa shape index (κ2) is 5.58. The van der Waals surface area contributed by atoms with Gasteiger partial charge < -0.3 is 14.9 Å². The van der Waals surface area contributed by atoms with Gasteiger partial charge in [0.1, 0.15) is 29.5 Å². The lowest BCUT2D eigenvalue weighted by molar-refractivity contribution is 0.302. The van der Waals surface area contributed by atoms with E-state index in [2.05, 4.69) is 0 Å². The number of hydrogen-bond acceptors (Lipinski definition) is 3. The van der Waals surface area contributed by atoms with E-state index in [1.807, 2.05) is 24.3 Å². The third-order valence-corrected chi connectivity index (χ3v) is 3.48. The van der Waals surface area contributed by atoms with E-state index in [0.29, 0.717) is 24.5 Å². The van der Waals surface area contributed by atoms with Crippen LogP contribution in [-0.2, 0) is 13.2 Å². The SMILES string of the molecule is Cc1cc(OCc2c(CN)oc3ccccc23)ccc1F. The minimum absolute atomic E-state index is 0.237. The summed E-state index contributed by atoms with van der Waals surface area (Å²) < 4.78 is 24.7. The number of hydrogen-bond donors (Lipinski definition) is 1. The van der Waals surface area contributed by atoms with Gasteiger partial charge in [-0.15, -0.1) is 0 Å². The van der Waals surface area contributed by atoms with Crippen LogP contribution in [0.15, 0.2) is 46.9 Å². The van der Waals surface area contributed by atoms with Crippen LogP contribution in [0.2, 0.25) is 0 Å². The van der Waals surface area contributed by atoms with Crippen LogP contribution in [0.4, 0.5) is 4.39 Å². The fraction of sp³-hybridized carbons (Fsp3) is 0.176. The number of para-hydroxylation sites is 1. The molecule has 3 aromatic rings. The van der Waals surface area contributed by atoms with E-state index in [1.54, 1.807) is 19.1 Å². The van der Waals surface area contributed by atoms with E-state index in [0.717, 1.165) is 22.3 Å². The summed E-state index contributed by atoms with van der Waals surface area (Å²) >= 11 is 0. The van der Waals surface area contributed by atoms with Gasteiger partial charge in [0, 0.05) is 10.9 Å². The molecule has 0 radical (unpaired) electrons. The second-order valence-electron chi connectivity index (χ2n) is 4.90. The average molecular weight is 285 g/mol. The number of rotatable bonds is 4. The predicted octanol–water partition coefficient (Wildman–Crippen LogP) is 3.92. The molecule has 1 heterocycles. The molecule has 0 atom stereocenters. The molecule has 0 amide bonds. The largest absolute Gasteiger partial charge is 0.489 e. The number of halogens is 1. The van der Waals surface area contributed by atoms with Crippen LogP contribution in [-0.4, -0.2) is 0 Å². The first-order valence-electron chi connectivity index (χ1n) is 6.77. The first-order chi connectivity index (χ1) is 10.2. The lowest BCUT2D eigenvalue weighted by Crippen LogP contribution is -2.02. The Hall–Kier alpha value is -2.33. The fourth-order valence-electron chi connectivity index (χ4n) is 2.34. The third-order valence-electron chi connectivity index (χ3n) is 3.48. The maximum Gasteiger partial charge on any atom is 0.134 e. The molecule has 2 N–H and O–H groups in total. The highest BCUT2D eigenvalue weighted by molar-refractivity contribution is 5.82. The molecule has 3 nitrogen and oxygen atoms in total. The average Bonchev–Trinajstić information content (AvgIpc) is 2.86. The first-order valence-corrected chi connectivity index (χ1v) is 6.77. The van der Waals surface area contributed by atoms with E-state index >= 15 is 0 Å². The van der Waals surface area contributed by atoms with Gasteiger partial charge in [-0.3, -0.25) is 0 Å². The molecule has 0 aliphatic heterocycles. The molecule has 21 heavy (non-hydrogen) atoms. The van der Waals surface area contributed by atoms with Crippen LogP contribution in [0.1, 0.15) is 16.9 Å². The molecule has 0 spiro atoms. The van der Waals surface area contributed by atoms with Crippen molar-refractivity contribution in [1.82, 2.24) is 0 Å². The molecule has 0 aliphatic carbocycles. The molecule has 108 valence electrons. The van der Waals surface area contributed by atoms with Gasteiger partial charge in [-0.1, -0.05) is 18.2 Å². The second-order valence-corrected chi connectivity index (χ2v) is 4.90. The lowest BCUT2D eigenvalue weighted by atomic mass is 10.1. The van der Waals surface area contributed by atoms with Gasteiger partial charge in [-0.25, -0.2) is 4.39 Å². The molecule has 0 aliphatic rings. The number of benzene rings is 2. The quantitative estimate of drug-likeness (QED) is 0.790. The minimum Gasteiger partial charge on any atom is -0.489 e. The normalized spacial score (nSPS) is 11.0. The van der Waals surface area contributed by atoms with Crippen LogP contribution in [0.25, 0.3) is 11.0 Å². The van der Waals surface area contributed by atoms with Gasteiger partial charge in [-0.05, 0) is 36.8 Å². The third kappa shape index (κ3) is 2.62. The predicted molar refractivity (Wildman–Crippen MR) is 79.6 cm³/mol. The Morgan fingerprint density at radius 3 is 2.76 bits per heavy atom. The van der Waals surface area contributed by atoms with Gasteiger partial charge in [-0.2, -0.15) is 0 Å². The van der Waals surface area contributed by atoms with Crippen LogP contribution < -0.4 is 10.5 Å². The zero-order valence-electron chi connectivity index (χ0n) is 11.7. The van der Waals surface area contributed by atoms with Crippen molar-refractivity contribution in [3.05, 3.63) is 65.2 Å². The summed E-state index contributed by atoms with van der Waals surface area (Å²) in [6, 6.07) is 12.4. The molecule has 2 aromatic carbocycles. The Morgan fingerprint density at radius 2 is 2.00 bits per heavy atom. The molecule has 3 rings (SSSR count). The van der Waals surface area contributed by atoms with E-state index in [9.17, 15) is 4.39 Å². The van der Waals surface area contributed by atoms with Gasteiger partial charge in [0.15, 0.2) is 0 Å². The Morgan fingerprint density at radius 1 is 1.19 bits per heavy atom. The molecule has 1 aromatic heterocycles. The molecule has 0 saturated heterocycles. The Labute approximate surface area is 122 Å². The van der Waals surface area contributed by atoms with Crippen molar-refractivity contribution in [2.45, 2.75) is 20.1 Å². The summed E-state index contributed by atoms with van der Waals surface area (Å²) in [4.78, 5) is 0. The number of nitrogens with two attached hydrogens (primary N) is 1. The summed E-state index contributed by atoms with van der Waals surface area (Å²) in [7, 11) is 0. The molecule has 0 saturated carbocycles. The molecule has 0 fully saturated rings. The summed E-state index contributed by atoms with van der Waals surface area (Å²) in [6.07, 6.45) is 0. The van der Waals surface area contributed by atoms with Crippen LogP contribution in [0.5, 0.6) is 5.75 Å². The van der Waals surface area contributed by atoms with Crippen molar-refractivity contribution in [2.24, 2.45) is 5.73 Å². The van der Waals surface area contributed by atoms with Crippen molar-refractivity contribution in [1.29, 1.82) is 0 Å². The van der Waals surface area contributed by atoms with E-state index in [1.165, 1.54) is 6.07 Å². The number of fused-ring (bicyclic) bond motifs is 1. The smallest absolute Gasteiger partial charge is 0.134 e. The molecular weight excluding hydrogens is 269 g/mol. The minimum atomic E-state index is -0.237. The molecule has 4 heteroatoms. The molecule has 0 unspecified atom stereocenters. The van der Waals surface area contributed by atoms with Crippen LogP contribution in [0.3, 0.4) is 0 Å². The summed E-state index contributed by atoms with van der Waals surface area (Å²) in [5, 5.41) is 0.997. The lowest BCUT2D eigenvalue weighted by Gasteiger charge is -2.07. The number of ether oxygens (including phenoxy) is 1. The Bertz CT molecular complexity index is 780. The highest BCUT2D eigenvalue weighted by Gasteiger charge is 2.13. The first kappa shape index (κ1) is 13.6. The topological polar surface area (TPSA) is 48.4 Å². The number of furan rings is 1. The zero-order chi connectivity index (χ0) is 14.8. The van der Waals surface area contributed by atoms with Gasteiger partial charge in [0.25, 0.3) is 0 Å². The number of aryl methyl sites for hydroxylation is 1. The monoisotopic (exact) mass is 285 g/mol. The Balaban J connectivity index is 1.89. The molecular formula is C17H16FNO2. The van der Waals surface area contributed by atoms with Gasteiger partial charge >= 0.3 is 0 Å². The maximum absolute atomic E-state index is 13.3. The van der Waals surface area contributed by atoms with Gasteiger partial charge in [0.2, 0.25) is 0 Å². The standard InChI is InChI=1S/C17H16FNO2/c1-11-8-12(6-7-15(11)18)20-10-14-13-4-2-3-5-16(13)21-17(14)9-19/h2-8H,9-10,19H2,1H3. The molecule has 0 bridgehead atoms. The van der Waals surface area contributed by atoms with Gasteiger partial charge in [0.05, 0.1) is 6.54 Å². The van der Waals surface area contributed by atoms with Crippen LogP contribution >= 0.6 is 0 Å². The van der Waals surface area contributed by atoms with E-state index < -0.39 is 0 Å². The van der Waals surface area contributed by atoms with Crippen molar-refractivity contribution in [3.63, 3.8) is 0 Å². The zero-order valence-corrected chi connectivity index (χ0v) is 11.7. The summed E-state index contributed by atoms with van der Waals surface area (Å²) in [5.41, 5.74) is 8.03. The van der Waals surface area contributed by atoms with E-state index in [4.69, 9.17) is 14.9 Å². The summed E-state index contributed by atoms with van der Waals surface area (Å²) in [5.74, 6) is 1.11. The fourth-order valence-corrected chi connectivity index (χ4v) is 2.34. The highest BCUT2D eigenvalue weighted by Crippen LogP contribution is 2.27. The van der Waals surface area contributed by atoms with Crippen molar-refractivity contribution in [2.75, 3.05) is 0 Å². The summed E-state index contributed by atoms with van der Waals surface area (Å²) in [6.45, 7) is 2.37. The van der Waals surface area contributed by atoms with Crippen LogP contribution in [0, 0.1) is 12.7 Å². The van der Waals surface area contributed by atoms with Crippen molar-refractivity contribution >= 4 is 11.0 Å². The maximum atomic E-state index is 13.3.